The second kappa shape index (κ2) is 45.0. The number of para-hydroxylation sites is 4. The second-order valence-corrected chi connectivity index (χ2v) is 27.6. The zero-order valence-corrected chi connectivity index (χ0v) is 61.7. The number of aldehydes is 2. The maximum absolute atomic E-state index is 14.1. The molecule has 0 unspecified atom stereocenters. The van der Waals surface area contributed by atoms with Crippen LogP contribution in [-0.2, 0) is 30.4 Å². The minimum atomic E-state index is -1.63. The number of benzene rings is 11. The minimum absolute atomic E-state index is 0.0282. The van der Waals surface area contributed by atoms with Crippen LogP contribution in [0.3, 0.4) is 0 Å². The summed E-state index contributed by atoms with van der Waals surface area (Å²) in [7, 11) is 10.1. The van der Waals surface area contributed by atoms with Crippen LogP contribution in [-0.4, -0.2) is 78.5 Å². The van der Waals surface area contributed by atoms with E-state index in [9.17, 15) is 45.9 Å². The molecule has 22 nitrogen and oxygen atoms in total. The standard InChI is InChI=1S/C16H12FN3O3.C16H12FNO3.C15H12FNO2.C13H9FO2.C12H10ClI.C7H5FO2.C3H5N3O2/c1-22-16(21)15(19-20-18)9-11-7-8-13(10-14(11)17)23-12-5-3-2-4-6-12;1-20-16(19)15-9-12-13(17)7-11(8-14(12)18-15)21-10-5-3-2-4-6-10;16-14-7-12(19-11-4-2-1-3-5-11)8-15-13(14)6-10(9-18)17-15;14-13-8-12(7-6-10(13)9-15)16-11-4-2-1-3-5-11;13-14(11-7-3-1-4-8-11)12-9-5-2-6-10-12;8-7-3-6(10)2-1-5(7)4-9;1-8-3(7)2-5-6-4/h2-10H,1H3;2-9,18H,1H3;1-8,17-18H,9H2;1-9H;1-10H;1-4,10H;2H2,1H3/b15-9-;;;;;;. The summed E-state index contributed by atoms with van der Waals surface area (Å²) in [5.74, 6) is -0.966. The third-order valence-electron chi connectivity index (χ3n) is 14.2. The Hall–Kier alpha value is -13.8. The molecule has 13 aromatic rings. The van der Waals surface area contributed by atoms with Crippen molar-refractivity contribution in [3.8, 4) is 51.7 Å². The van der Waals surface area contributed by atoms with Crippen molar-refractivity contribution in [2.45, 2.75) is 6.61 Å². The molecular formula is C82H65ClF5IN8O14. The van der Waals surface area contributed by atoms with E-state index in [4.69, 9.17) is 49.1 Å². The van der Waals surface area contributed by atoms with E-state index < -0.39 is 59.9 Å². The first-order valence-electron chi connectivity index (χ1n) is 32.4. The fraction of sp³-hybridized carbons (Fsp3) is 0.0610. The van der Waals surface area contributed by atoms with Crippen LogP contribution in [0, 0.1) is 36.2 Å². The van der Waals surface area contributed by atoms with Crippen LogP contribution in [0.15, 0.2) is 289 Å². The number of carbonyl (C=O) groups excluding carboxylic acids is 5. The molecule has 566 valence electrons. The average Bonchev–Trinajstić information content (AvgIpc) is 1.66. The summed E-state index contributed by atoms with van der Waals surface area (Å²) < 4.78 is 106. The Morgan fingerprint density at radius 3 is 1.24 bits per heavy atom. The molecule has 0 atom stereocenters. The topological polar surface area (TPSA) is 320 Å². The fourth-order valence-corrected chi connectivity index (χ4v) is 13.1. The van der Waals surface area contributed by atoms with E-state index in [1.54, 1.807) is 84.9 Å². The van der Waals surface area contributed by atoms with Crippen LogP contribution in [0.4, 0.5) is 22.0 Å². The molecule has 0 saturated heterocycles. The molecule has 0 aliphatic rings. The number of aliphatic hydroxyl groups is 1. The number of phenols is 1. The second-order valence-electron chi connectivity index (χ2n) is 21.8. The van der Waals surface area contributed by atoms with E-state index in [0.717, 1.165) is 19.3 Å². The summed E-state index contributed by atoms with van der Waals surface area (Å²) in [5.41, 5.74) is 17.7. The molecule has 0 bridgehead atoms. The van der Waals surface area contributed by atoms with E-state index in [1.165, 1.54) is 82.0 Å². The van der Waals surface area contributed by atoms with Gasteiger partial charge in [-0.05, 0) is 114 Å². The average molecular weight is 1640 g/mol. The molecule has 0 aliphatic heterocycles. The number of phenolic OH excluding ortho intramolecular Hbond substituents is 1. The number of hydrogen-bond acceptors (Lipinski definition) is 16. The zero-order valence-electron chi connectivity index (χ0n) is 58.7. The number of nitrogens with zero attached hydrogens (tertiary/aromatic N) is 6. The van der Waals surface area contributed by atoms with Gasteiger partial charge in [0.15, 0.2) is 12.6 Å². The maximum atomic E-state index is 14.1. The monoisotopic (exact) mass is 1640 g/mol. The molecule has 0 amide bonds. The number of fused-ring (bicyclic) bond motifs is 2. The first-order valence-corrected chi connectivity index (χ1v) is 37.3. The van der Waals surface area contributed by atoms with Crippen LogP contribution in [0.1, 0.15) is 42.5 Å². The van der Waals surface area contributed by atoms with Crippen molar-refractivity contribution in [3.63, 3.8) is 0 Å². The molecule has 0 spiro atoms. The fourth-order valence-electron chi connectivity index (χ4n) is 9.04. The summed E-state index contributed by atoms with van der Waals surface area (Å²) in [4.78, 5) is 64.0. The van der Waals surface area contributed by atoms with Gasteiger partial charge in [0.05, 0.1) is 50.1 Å². The van der Waals surface area contributed by atoms with Crippen molar-refractivity contribution in [2.24, 2.45) is 10.2 Å². The molecule has 0 aliphatic carbocycles. The Morgan fingerprint density at radius 1 is 0.459 bits per heavy atom. The van der Waals surface area contributed by atoms with Crippen molar-refractivity contribution in [1.82, 2.24) is 9.97 Å². The van der Waals surface area contributed by atoms with E-state index in [1.807, 2.05) is 97.1 Å². The number of aromatic amines is 2. The summed E-state index contributed by atoms with van der Waals surface area (Å²) in [6, 6.07) is 77.5. The number of methoxy groups -OCH3 is 3. The molecule has 29 heteroatoms. The molecule has 0 saturated carbocycles. The van der Waals surface area contributed by atoms with Gasteiger partial charge in [0.2, 0.25) is 0 Å². The Bertz CT molecular complexity index is 5310. The van der Waals surface area contributed by atoms with Crippen molar-refractivity contribution >= 4 is 86.0 Å². The summed E-state index contributed by atoms with van der Waals surface area (Å²) in [6.45, 7) is -0.379. The van der Waals surface area contributed by atoms with Gasteiger partial charge in [-0.3, -0.25) is 14.4 Å². The number of nitrogens with one attached hydrogen (secondary N) is 2. The van der Waals surface area contributed by atoms with E-state index in [-0.39, 0.29) is 52.8 Å². The number of ether oxygens (including phenoxy) is 7. The number of halogens is 7. The molecule has 111 heavy (non-hydrogen) atoms. The number of aromatic hydroxyl groups is 1. The van der Waals surface area contributed by atoms with Gasteiger partial charge in [-0.2, -0.15) is 0 Å². The van der Waals surface area contributed by atoms with Crippen molar-refractivity contribution in [3.05, 3.63) is 364 Å². The Kier molecular flexibility index (Phi) is 34.3. The number of aliphatic hydroxyl groups excluding tert-OH is 1. The number of azide groups is 2. The smallest absolute Gasteiger partial charge is 0.152 e. The Morgan fingerprint density at radius 2 is 0.856 bits per heavy atom. The molecule has 11 aromatic carbocycles. The molecule has 2 heterocycles. The Balaban J connectivity index is 0.000000184. The van der Waals surface area contributed by atoms with Gasteiger partial charge in [0, 0.05) is 74.3 Å². The van der Waals surface area contributed by atoms with Crippen molar-refractivity contribution in [1.29, 1.82) is 0 Å². The zero-order chi connectivity index (χ0) is 79.9. The number of carbonyl (C=O) groups is 5. The number of rotatable bonds is 19. The predicted octanol–water partition coefficient (Wildman–Crippen LogP) is 21.5. The number of hydrogen-bond donors (Lipinski definition) is 4. The predicted molar refractivity (Wildman–Crippen MR) is 417 cm³/mol. The van der Waals surface area contributed by atoms with Crippen molar-refractivity contribution < 1.29 is 89.3 Å². The summed E-state index contributed by atoms with van der Waals surface area (Å²) in [6.07, 6.45) is 1.98. The number of H-pyrrole nitrogens is 2. The van der Waals surface area contributed by atoms with Crippen LogP contribution in [0.5, 0.6) is 51.7 Å². The van der Waals surface area contributed by atoms with Gasteiger partial charge >= 0.3 is 113 Å². The SMILES string of the molecule is COC(=O)/C(=C/c1ccc(Oc2ccccc2)cc1F)N=[N+]=[N-].COC(=O)CN=[N+]=[N-].COC(=O)c1cc2c(F)cc(Oc3ccccc3)cc2[nH]1.ClI(c1ccccc1)c1ccccc1.O=Cc1ccc(O)cc1F.O=Cc1ccc(Oc2ccccc2)cc1F.OCc1cc2c(F)cc(Oc3ccccc3)cc2[nH]1. The van der Waals surface area contributed by atoms with Gasteiger partial charge in [0.25, 0.3) is 0 Å². The van der Waals surface area contributed by atoms with Crippen LogP contribution in [0.2, 0.25) is 0 Å². The van der Waals surface area contributed by atoms with Crippen LogP contribution < -0.4 is 18.9 Å². The largest absolute Gasteiger partial charge is 0.508 e. The molecule has 4 N–H and O–H groups in total. The van der Waals surface area contributed by atoms with E-state index in [2.05, 4.69) is 68.5 Å². The molecular weight excluding hydrogens is 1580 g/mol. The van der Waals surface area contributed by atoms with Gasteiger partial charge < -0.3 is 53.3 Å². The normalized spacial score (nSPS) is 10.2. The first-order chi connectivity index (χ1) is 53.8. The maximum Gasteiger partial charge on any atom is 0.152 e. The van der Waals surface area contributed by atoms with Gasteiger partial charge in [-0.1, -0.05) is 83.0 Å². The van der Waals surface area contributed by atoms with Gasteiger partial charge in [-0.25, -0.2) is 31.5 Å². The number of aromatic nitrogens is 2. The molecule has 2 aromatic heterocycles. The van der Waals surface area contributed by atoms with Crippen LogP contribution in [0.25, 0.3) is 48.8 Å². The summed E-state index contributed by atoms with van der Waals surface area (Å²) in [5, 5.41) is 24.6. The van der Waals surface area contributed by atoms with Gasteiger partial charge in [-0.15, -0.1) is 0 Å². The third-order valence-corrected chi connectivity index (χ3v) is 20.1. The van der Waals surface area contributed by atoms with Gasteiger partial charge in [0.1, 0.15) is 98.8 Å². The molecule has 0 radical (unpaired) electrons. The third kappa shape index (κ3) is 27.5. The molecule has 0 fully saturated rings. The van der Waals surface area contributed by atoms with Crippen molar-refractivity contribution in [2.75, 3.05) is 27.9 Å². The molecule has 13 rings (SSSR count). The van der Waals surface area contributed by atoms with Crippen LogP contribution >= 0.6 is 27.6 Å². The quantitative estimate of drug-likeness (QED) is 0.00673. The van der Waals surface area contributed by atoms with E-state index >= 15 is 0 Å². The minimum Gasteiger partial charge on any atom is -0.508 e. The number of esters is 3. The Labute approximate surface area is 641 Å². The summed E-state index contributed by atoms with van der Waals surface area (Å²) >= 11 is -1.63. The van der Waals surface area contributed by atoms with E-state index in [0.29, 0.717) is 86.1 Å². The first kappa shape index (κ1) is 84.5.